The Balaban J connectivity index is 1.52. The van der Waals surface area contributed by atoms with Crippen molar-refractivity contribution in [1.82, 2.24) is 9.97 Å². The smallest absolute Gasteiger partial charge is 0.137 e. The molecule has 4 nitrogen and oxygen atoms in total. The number of pyridine rings is 2. The van der Waals surface area contributed by atoms with Gasteiger partial charge in [0.1, 0.15) is 11.6 Å². The van der Waals surface area contributed by atoms with Crippen LogP contribution in [0.4, 0.5) is 17.2 Å². The van der Waals surface area contributed by atoms with E-state index in [4.69, 9.17) is 9.97 Å². The second kappa shape index (κ2) is 14.8. The third-order valence-corrected chi connectivity index (χ3v) is 10.2. The summed E-state index contributed by atoms with van der Waals surface area (Å²) in [4.78, 5) is 12.4. The van der Waals surface area contributed by atoms with Crippen LogP contribution in [0.3, 0.4) is 0 Å². The number of nitrogens with zero attached hydrogens (tertiary/aromatic N) is 3. The summed E-state index contributed by atoms with van der Waals surface area (Å²) in [5, 5.41) is 12.1. The molecule has 0 amide bonds. The van der Waals surface area contributed by atoms with Gasteiger partial charge >= 0.3 is 0 Å². The van der Waals surface area contributed by atoms with Crippen LogP contribution in [0.25, 0.3) is 33.6 Å². The number of hydrogen-bond acceptors (Lipinski definition) is 4. The highest BCUT2D eigenvalue weighted by molar-refractivity contribution is 5.84. The van der Waals surface area contributed by atoms with E-state index in [-0.39, 0.29) is 22.5 Å². The van der Waals surface area contributed by atoms with Crippen LogP contribution < -0.4 is 4.90 Å². The fraction of sp³-hybridized carbons (Fsp3) is 0.200. The van der Waals surface area contributed by atoms with Gasteiger partial charge in [-0.2, -0.15) is 0 Å². The van der Waals surface area contributed by atoms with Crippen molar-refractivity contribution >= 4 is 17.2 Å². The first-order valence-corrected chi connectivity index (χ1v) is 18.8. The van der Waals surface area contributed by atoms with Gasteiger partial charge in [-0.1, -0.05) is 139 Å². The Kier molecular flexibility index (Phi) is 9.96. The zero-order chi connectivity index (χ0) is 38.0. The van der Waals surface area contributed by atoms with Crippen LogP contribution >= 0.6 is 0 Å². The van der Waals surface area contributed by atoms with Gasteiger partial charge in [-0.15, -0.1) is 0 Å². The summed E-state index contributed by atoms with van der Waals surface area (Å²) in [5.74, 6) is 1.18. The molecule has 1 unspecified atom stereocenters. The molecule has 54 heavy (non-hydrogen) atoms. The molecule has 0 aliphatic heterocycles. The number of aromatic nitrogens is 2. The predicted octanol–water partition coefficient (Wildman–Crippen LogP) is 13.4. The minimum Gasteiger partial charge on any atom is -0.507 e. The summed E-state index contributed by atoms with van der Waals surface area (Å²) in [6.45, 7) is 15.4. The maximum Gasteiger partial charge on any atom is 0.137 e. The third kappa shape index (κ3) is 7.70. The van der Waals surface area contributed by atoms with Gasteiger partial charge in [-0.05, 0) is 99.3 Å². The number of phenolic OH excluding ortho intramolecular Hbond substituents is 1. The molecule has 2 aromatic heterocycles. The zero-order valence-electron chi connectivity index (χ0n) is 32.4. The highest BCUT2D eigenvalue weighted by Gasteiger charge is 2.27. The van der Waals surface area contributed by atoms with Crippen LogP contribution in [0, 0.1) is 0 Å². The fourth-order valence-corrected chi connectivity index (χ4v) is 7.02. The van der Waals surface area contributed by atoms with Gasteiger partial charge in [0.2, 0.25) is 0 Å². The van der Waals surface area contributed by atoms with E-state index in [1.165, 1.54) is 5.56 Å². The molecule has 7 aromatic rings. The molecule has 1 atom stereocenters. The van der Waals surface area contributed by atoms with Crippen molar-refractivity contribution < 1.29 is 5.11 Å². The third-order valence-electron chi connectivity index (χ3n) is 10.2. The molecule has 5 aromatic carbocycles. The van der Waals surface area contributed by atoms with Gasteiger partial charge in [0.05, 0.1) is 11.4 Å². The minimum atomic E-state index is -0.275. The molecule has 0 aliphatic carbocycles. The van der Waals surface area contributed by atoms with Crippen molar-refractivity contribution in [2.45, 2.75) is 65.2 Å². The lowest BCUT2D eigenvalue weighted by molar-refractivity contribution is 0.446. The standard InChI is InChI=1S/C50H49N3O/c1-34(35-19-11-8-12-20-35)37-30-45(52-46(31-37)43-32-40(49(2,3)4)33-44(48(43)54)50(5,6)7)39-27-38(36-21-13-9-14-22-36)28-42(29-39)53(41-23-15-10-16-24-41)47-25-17-18-26-51-47/h8-34,54H,1-7H3. The zero-order valence-corrected chi connectivity index (χ0v) is 32.4. The Morgan fingerprint density at radius 2 is 1.15 bits per heavy atom. The largest absolute Gasteiger partial charge is 0.507 e. The van der Waals surface area contributed by atoms with Crippen LogP contribution in [0.2, 0.25) is 0 Å². The molecule has 0 aliphatic rings. The lowest BCUT2D eigenvalue weighted by Crippen LogP contribution is -2.17. The Labute approximate surface area is 320 Å². The molecule has 4 heteroatoms. The fourth-order valence-electron chi connectivity index (χ4n) is 7.02. The van der Waals surface area contributed by atoms with E-state index in [0.29, 0.717) is 0 Å². The first-order chi connectivity index (χ1) is 25.9. The van der Waals surface area contributed by atoms with Crippen molar-refractivity contribution in [2.75, 3.05) is 4.90 Å². The van der Waals surface area contributed by atoms with E-state index in [2.05, 4.69) is 175 Å². The topological polar surface area (TPSA) is 49.2 Å². The molecule has 7 rings (SSSR count). The van der Waals surface area contributed by atoms with E-state index in [0.717, 1.165) is 67.5 Å². The van der Waals surface area contributed by atoms with E-state index in [1.54, 1.807) is 0 Å². The molecular formula is C50H49N3O. The van der Waals surface area contributed by atoms with Crippen LogP contribution in [-0.2, 0) is 10.8 Å². The Morgan fingerprint density at radius 3 is 1.78 bits per heavy atom. The Hall–Kier alpha value is -6.00. The van der Waals surface area contributed by atoms with Crippen molar-refractivity contribution in [2.24, 2.45) is 0 Å². The van der Waals surface area contributed by atoms with Gasteiger partial charge < -0.3 is 5.11 Å². The highest BCUT2D eigenvalue weighted by atomic mass is 16.3. The van der Waals surface area contributed by atoms with E-state index >= 15 is 0 Å². The van der Waals surface area contributed by atoms with Crippen molar-refractivity contribution in [3.63, 3.8) is 0 Å². The monoisotopic (exact) mass is 707 g/mol. The molecule has 0 saturated heterocycles. The molecule has 0 bridgehead atoms. The molecule has 0 spiro atoms. The summed E-state index contributed by atoms with van der Waals surface area (Å²) in [6, 6.07) is 52.8. The summed E-state index contributed by atoms with van der Waals surface area (Å²) in [5.41, 5.74) is 11.4. The van der Waals surface area contributed by atoms with Crippen LogP contribution in [0.5, 0.6) is 5.75 Å². The normalized spacial score (nSPS) is 12.4. The lowest BCUT2D eigenvalue weighted by atomic mass is 9.78. The Morgan fingerprint density at radius 1 is 0.537 bits per heavy atom. The number of hydrogen-bond donors (Lipinski definition) is 1. The molecule has 0 radical (unpaired) electrons. The Bertz CT molecular complexity index is 2320. The quantitative estimate of drug-likeness (QED) is 0.171. The first-order valence-electron chi connectivity index (χ1n) is 18.8. The minimum absolute atomic E-state index is 0.0767. The average molecular weight is 708 g/mol. The molecular weight excluding hydrogens is 659 g/mol. The predicted molar refractivity (Wildman–Crippen MR) is 226 cm³/mol. The van der Waals surface area contributed by atoms with Gasteiger partial charge in [0.15, 0.2) is 0 Å². The number of para-hydroxylation sites is 1. The number of anilines is 3. The van der Waals surface area contributed by atoms with E-state index in [9.17, 15) is 5.11 Å². The number of rotatable bonds is 8. The summed E-state index contributed by atoms with van der Waals surface area (Å²) in [7, 11) is 0. The number of aromatic hydroxyl groups is 1. The van der Waals surface area contributed by atoms with E-state index < -0.39 is 0 Å². The second-order valence-electron chi connectivity index (χ2n) is 16.2. The van der Waals surface area contributed by atoms with Crippen molar-refractivity contribution in [3.05, 3.63) is 180 Å². The first kappa shape index (κ1) is 36.4. The van der Waals surface area contributed by atoms with Gasteiger partial charge in [-0.3, -0.25) is 4.90 Å². The van der Waals surface area contributed by atoms with Crippen LogP contribution in [-0.4, -0.2) is 15.1 Å². The molecule has 1 N–H and O–H groups in total. The SMILES string of the molecule is CC(c1ccccc1)c1cc(-c2cc(-c3ccccc3)cc(N(c3ccccc3)c3ccccn3)c2)nc(-c2cc(C(C)(C)C)cc(C(C)(C)C)c2O)c1. The summed E-state index contributed by atoms with van der Waals surface area (Å²) >= 11 is 0. The molecule has 2 heterocycles. The maximum atomic E-state index is 12.1. The van der Waals surface area contributed by atoms with E-state index in [1.807, 2.05) is 36.5 Å². The maximum absolute atomic E-state index is 12.1. The number of benzene rings is 5. The second-order valence-corrected chi connectivity index (χ2v) is 16.2. The lowest BCUT2D eigenvalue weighted by Gasteiger charge is -2.28. The van der Waals surface area contributed by atoms with Crippen molar-refractivity contribution in [3.8, 4) is 39.4 Å². The summed E-state index contributed by atoms with van der Waals surface area (Å²) in [6.07, 6.45) is 1.83. The van der Waals surface area contributed by atoms with Crippen LogP contribution in [0.1, 0.15) is 76.6 Å². The molecule has 0 saturated carbocycles. The summed E-state index contributed by atoms with van der Waals surface area (Å²) < 4.78 is 0. The van der Waals surface area contributed by atoms with Crippen LogP contribution in [0.15, 0.2) is 158 Å². The van der Waals surface area contributed by atoms with Gasteiger partial charge in [0, 0.05) is 40.2 Å². The van der Waals surface area contributed by atoms with Gasteiger partial charge in [-0.25, -0.2) is 9.97 Å². The molecule has 270 valence electrons. The average Bonchev–Trinajstić information content (AvgIpc) is 3.18. The number of phenols is 1. The van der Waals surface area contributed by atoms with Gasteiger partial charge in [0.25, 0.3) is 0 Å². The van der Waals surface area contributed by atoms with Crippen molar-refractivity contribution in [1.29, 1.82) is 0 Å². The highest BCUT2D eigenvalue weighted by Crippen LogP contribution is 2.44. The molecule has 0 fully saturated rings.